The van der Waals surface area contributed by atoms with Gasteiger partial charge in [-0.1, -0.05) is 472 Å². The molecule has 1 spiro atoms. The van der Waals surface area contributed by atoms with Crippen molar-refractivity contribution in [3.8, 4) is 196 Å². The van der Waals surface area contributed by atoms with E-state index in [0.29, 0.717) is 0 Å². The first kappa shape index (κ1) is 89.8. The molecule has 0 aliphatic heterocycles. The largest absolute Gasteiger partial charge is 0.309 e. The summed E-state index contributed by atoms with van der Waals surface area (Å²) in [6, 6.07) is 190. The third-order valence-electron chi connectivity index (χ3n) is 30.3. The number of rotatable bonds is 16. The van der Waals surface area contributed by atoms with Gasteiger partial charge in [-0.15, -0.1) is 0 Å². The molecule has 3 aliphatic rings. The second-order valence-electron chi connectivity index (χ2n) is 39.8. The number of aromatic nitrogens is 3. The van der Waals surface area contributed by atoms with Crippen LogP contribution in [0.1, 0.15) is 80.6 Å². The van der Waals surface area contributed by atoms with Crippen molar-refractivity contribution in [3.05, 3.63) is 582 Å². The highest BCUT2D eigenvalue weighted by Crippen LogP contribution is 2.64. The number of fused-ring (bicyclic) bond motifs is 13. The van der Waals surface area contributed by atoms with Gasteiger partial charge in [-0.3, -0.25) is 0 Å². The van der Waals surface area contributed by atoms with Crippen LogP contribution in [0.5, 0.6) is 0 Å². The van der Waals surface area contributed by atoms with Gasteiger partial charge in [0, 0.05) is 22.5 Å². The third kappa shape index (κ3) is 16.3. The summed E-state index contributed by atoms with van der Waals surface area (Å²) in [5.74, 6) is 0. The standard InChI is InChI=1S/C54H41N.C49H35N.C39H33N/c1-38-23-27-42(28-24-38)50-35-36-51(43-29-25-39(2)26-30-43)55(50)47-33-31-46(32-34-47)53-49(41-17-9-4-10-18-41)37-48(40-15-7-3-8-16-40)52(44-19-11-5-12-20-44)54(53)45-21-13-6-14-22-45;1-32-15-19-35(20-16-32)47-29-30-48(36-21-17-33(2)18-22-36)50(47)38-26-23-34(24-27-38)37-25-28-42-41-11-5-8-14-45(41)49(46(42)31-37)43-12-6-3-9-39(43)40-10-4-7-13-44(40)49;1-26-9-13-29(14-10-26)37-23-24-38(30-15-11-27(2)12-16-30)40(37)32-20-17-28(18-21-32)31-19-22-34-33-7-5-6-8-35(33)39(3,4)36(34)25-31/h3-37H,1-2H3;3-31H,1-2H3;5-25H,1-4H3. The van der Waals surface area contributed by atoms with E-state index in [1.807, 2.05) is 0 Å². The maximum Gasteiger partial charge on any atom is 0.0725 e. The zero-order chi connectivity index (χ0) is 98.0. The molecule has 0 bridgehead atoms. The summed E-state index contributed by atoms with van der Waals surface area (Å²) in [4.78, 5) is 0. The Balaban J connectivity index is 0.000000118. The molecule has 145 heavy (non-hydrogen) atoms. The SMILES string of the molecule is Cc1ccc(-c2ccc(-c3ccc(C)cc3)n2-c2ccc(-c3c(-c4ccccc4)cc(-c4ccccc4)c(-c4ccccc4)c3-c3ccccc3)cc2)cc1.Cc1ccc(-c2ccc(-c3ccc(C)cc3)n2-c2ccc(-c3ccc4c(c3)C(C)(C)c3ccccc3-4)cc2)cc1.Cc1ccc(-c2ccc(-c3ccc(C)cc3)n2-c2ccc(-c3ccc4c(c3)C3(c5ccccc5-c5ccccc53)c3ccccc3-4)cc2)cc1. The van der Waals surface area contributed by atoms with Gasteiger partial charge in [0.1, 0.15) is 0 Å². The molecule has 26 rings (SSSR count). The van der Waals surface area contributed by atoms with E-state index >= 15 is 0 Å². The first-order valence-corrected chi connectivity index (χ1v) is 50.6. The summed E-state index contributed by atoms with van der Waals surface area (Å²) < 4.78 is 7.20. The summed E-state index contributed by atoms with van der Waals surface area (Å²) in [6.45, 7) is 17.5. The van der Waals surface area contributed by atoms with Crippen molar-refractivity contribution < 1.29 is 0 Å². The van der Waals surface area contributed by atoms with Crippen LogP contribution in [0.2, 0.25) is 0 Å². The molecule has 3 heteroatoms. The van der Waals surface area contributed by atoms with Crippen LogP contribution >= 0.6 is 0 Å². The average Bonchev–Trinajstić information content (AvgIpc) is 1.50. The number of hydrogen-bond acceptors (Lipinski definition) is 0. The molecule has 0 fully saturated rings. The summed E-state index contributed by atoms with van der Waals surface area (Å²) in [5.41, 5.74) is 58.3. The number of nitrogens with zero attached hydrogens (tertiary/aromatic N) is 3. The Morgan fingerprint density at radius 1 is 0.138 bits per heavy atom. The Labute approximate surface area is 852 Å². The minimum atomic E-state index is -0.341. The zero-order valence-electron chi connectivity index (χ0n) is 82.9. The van der Waals surface area contributed by atoms with Crippen molar-refractivity contribution in [1.82, 2.24) is 13.7 Å². The van der Waals surface area contributed by atoms with E-state index in [0.717, 1.165) is 28.5 Å². The zero-order valence-corrected chi connectivity index (χ0v) is 82.9. The molecule has 3 nitrogen and oxygen atoms in total. The van der Waals surface area contributed by atoms with E-state index in [1.54, 1.807) is 0 Å². The summed E-state index contributed by atoms with van der Waals surface area (Å²) in [5, 5.41) is 0. The highest BCUT2D eigenvalue weighted by molar-refractivity contribution is 6.08. The van der Waals surface area contributed by atoms with Crippen LogP contribution in [0, 0.1) is 41.5 Å². The van der Waals surface area contributed by atoms with E-state index in [9.17, 15) is 0 Å². The Kier molecular flexibility index (Phi) is 23.3. The molecule has 0 saturated carbocycles. The second kappa shape index (κ2) is 37.7. The molecule has 692 valence electrons. The van der Waals surface area contributed by atoms with Crippen LogP contribution in [-0.2, 0) is 10.8 Å². The summed E-state index contributed by atoms with van der Waals surface area (Å²) in [7, 11) is 0. The van der Waals surface area contributed by atoms with E-state index in [2.05, 4.69) is 585 Å². The Hall–Kier alpha value is -17.8. The molecular weight excluding hydrogens is 1750 g/mol. The highest BCUT2D eigenvalue weighted by Gasteiger charge is 2.52. The van der Waals surface area contributed by atoms with Gasteiger partial charge in [-0.05, 0) is 311 Å². The van der Waals surface area contributed by atoms with Crippen LogP contribution in [0.25, 0.3) is 196 Å². The van der Waals surface area contributed by atoms with Crippen LogP contribution in [0.4, 0.5) is 0 Å². The summed E-state index contributed by atoms with van der Waals surface area (Å²) >= 11 is 0. The van der Waals surface area contributed by atoms with Crippen LogP contribution < -0.4 is 0 Å². The Bertz CT molecular complexity index is 8490. The molecule has 3 heterocycles. The van der Waals surface area contributed by atoms with Crippen LogP contribution in [0.15, 0.2) is 516 Å². The van der Waals surface area contributed by atoms with Gasteiger partial charge in [0.2, 0.25) is 0 Å². The van der Waals surface area contributed by atoms with E-state index in [1.165, 1.54) is 234 Å². The summed E-state index contributed by atoms with van der Waals surface area (Å²) in [6.07, 6.45) is 0. The smallest absolute Gasteiger partial charge is 0.0725 e. The van der Waals surface area contributed by atoms with Crippen molar-refractivity contribution in [2.75, 3.05) is 0 Å². The molecule has 0 atom stereocenters. The van der Waals surface area contributed by atoms with Crippen molar-refractivity contribution in [3.63, 3.8) is 0 Å². The minimum Gasteiger partial charge on any atom is -0.309 e. The van der Waals surface area contributed by atoms with E-state index in [-0.39, 0.29) is 10.8 Å². The average molecular weight is 1860 g/mol. The van der Waals surface area contributed by atoms with Gasteiger partial charge in [0.15, 0.2) is 0 Å². The molecule has 0 N–H and O–H groups in total. The van der Waals surface area contributed by atoms with Crippen LogP contribution in [0.3, 0.4) is 0 Å². The number of aryl methyl sites for hydroxylation is 6. The lowest BCUT2D eigenvalue weighted by atomic mass is 9.70. The number of hydrogen-bond donors (Lipinski definition) is 0. The van der Waals surface area contributed by atoms with Gasteiger partial charge in [-0.25, -0.2) is 0 Å². The predicted molar refractivity (Wildman–Crippen MR) is 610 cm³/mol. The molecule has 3 aromatic heterocycles. The molecular formula is C142H109N3. The maximum atomic E-state index is 2.47. The molecule has 0 saturated heterocycles. The molecule has 0 unspecified atom stereocenters. The van der Waals surface area contributed by atoms with E-state index in [4.69, 9.17) is 0 Å². The fraction of sp³-hybridized carbons (Fsp3) is 0.0704. The highest BCUT2D eigenvalue weighted by atomic mass is 15.0. The maximum absolute atomic E-state index is 2.47. The molecule has 20 aromatic carbocycles. The molecule has 0 amide bonds. The van der Waals surface area contributed by atoms with Gasteiger partial charge in [0.05, 0.1) is 39.6 Å². The molecule has 23 aromatic rings. The second-order valence-corrected chi connectivity index (χ2v) is 39.8. The van der Waals surface area contributed by atoms with E-state index < -0.39 is 0 Å². The third-order valence-corrected chi connectivity index (χ3v) is 30.3. The normalized spacial score (nSPS) is 12.4. The lowest BCUT2D eigenvalue weighted by Gasteiger charge is -2.30. The van der Waals surface area contributed by atoms with Crippen LogP contribution in [-0.4, -0.2) is 13.7 Å². The lowest BCUT2D eigenvalue weighted by Crippen LogP contribution is -2.25. The molecule has 3 aliphatic carbocycles. The van der Waals surface area contributed by atoms with Crippen molar-refractivity contribution in [2.45, 2.75) is 66.2 Å². The van der Waals surface area contributed by atoms with Gasteiger partial charge in [-0.2, -0.15) is 0 Å². The van der Waals surface area contributed by atoms with Gasteiger partial charge < -0.3 is 13.7 Å². The van der Waals surface area contributed by atoms with Gasteiger partial charge in [0.25, 0.3) is 0 Å². The minimum absolute atomic E-state index is 0.00109. The first-order valence-electron chi connectivity index (χ1n) is 50.6. The number of benzene rings is 20. The Morgan fingerprint density at radius 3 is 0.655 bits per heavy atom. The fourth-order valence-corrected chi connectivity index (χ4v) is 22.9. The fourth-order valence-electron chi connectivity index (χ4n) is 22.9. The van der Waals surface area contributed by atoms with Crippen molar-refractivity contribution in [2.24, 2.45) is 0 Å². The quantitative estimate of drug-likeness (QED) is 0.0916. The molecule has 0 radical (unpaired) electrons. The first-order chi connectivity index (χ1) is 71.1. The Morgan fingerprint density at radius 2 is 0.352 bits per heavy atom. The van der Waals surface area contributed by atoms with Gasteiger partial charge >= 0.3 is 0 Å². The lowest BCUT2D eigenvalue weighted by molar-refractivity contribution is 0.660. The van der Waals surface area contributed by atoms with Crippen molar-refractivity contribution in [1.29, 1.82) is 0 Å². The topological polar surface area (TPSA) is 14.8 Å². The van der Waals surface area contributed by atoms with Crippen molar-refractivity contribution >= 4 is 0 Å². The monoisotopic (exact) mass is 1860 g/mol. The predicted octanol–water partition coefficient (Wildman–Crippen LogP) is 37.6.